The Morgan fingerprint density at radius 1 is 1.22 bits per heavy atom. The van der Waals surface area contributed by atoms with E-state index in [2.05, 4.69) is 9.97 Å². The zero-order chi connectivity index (χ0) is 19.2. The van der Waals surface area contributed by atoms with Gasteiger partial charge in [0.1, 0.15) is 0 Å². The number of amides is 1. The molecule has 9 nitrogen and oxygen atoms in total. The summed E-state index contributed by atoms with van der Waals surface area (Å²) in [7, 11) is 1.77. The molecule has 1 aromatic carbocycles. The topological polar surface area (TPSA) is 105 Å². The number of carbonyl (C=O) groups excluding carboxylic acids is 3. The number of carbonyl (C=O) groups is 3. The van der Waals surface area contributed by atoms with Gasteiger partial charge in [-0.15, -0.1) is 0 Å². The highest BCUT2D eigenvalue weighted by molar-refractivity contribution is 6.31. The van der Waals surface area contributed by atoms with E-state index < -0.39 is 23.8 Å². The molecule has 0 aliphatic carbocycles. The zero-order valence-electron chi connectivity index (χ0n) is 14.3. The van der Waals surface area contributed by atoms with Crippen molar-refractivity contribution in [2.45, 2.75) is 5.91 Å². The molecule has 2 aliphatic rings. The Morgan fingerprint density at radius 3 is 2.63 bits per heavy atom. The van der Waals surface area contributed by atoms with E-state index in [1.54, 1.807) is 30.1 Å². The molecule has 1 spiro atoms. The fourth-order valence-electron chi connectivity index (χ4n) is 3.13. The fraction of sp³-hybridized carbons (Fsp3) is 0.294. The number of esters is 2. The van der Waals surface area contributed by atoms with Crippen LogP contribution in [0, 0.1) is 0 Å². The average Bonchev–Trinajstić information content (AvgIpc) is 2.96. The van der Waals surface area contributed by atoms with Crippen molar-refractivity contribution >= 4 is 40.5 Å². The number of likely N-dealkylation sites (N-methyl/N-ethyl adjacent to an activating group) is 1. The average molecular weight is 391 g/mol. The van der Waals surface area contributed by atoms with Crippen molar-refractivity contribution in [1.82, 2.24) is 19.8 Å². The first kappa shape index (κ1) is 17.5. The Labute approximate surface area is 158 Å². The molecular formula is C17H15ClN4O5. The summed E-state index contributed by atoms with van der Waals surface area (Å²) in [4.78, 5) is 47.2. The summed E-state index contributed by atoms with van der Waals surface area (Å²) < 4.78 is 10.7. The lowest BCUT2D eigenvalue weighted by Crippen LogP contribution is -2.66. The van der Waals surface area contributed by atoms with Crippen molar-refractivity contribution in [2.24, 2.45) is 0 Å². The maximum absolute atomic E-state index is 13.1. The molecule has 1 fully saturated rings. The van der Waals surface area contributed by atoms with Gasteiger partial charge in [0.25, 0.3) is 5.91 Å². The van der Waals surface area contributed by atoms with Crippen LogP contribution in [0.25, 0.3) is 11.0 Å². The maximum Gasteiger partial charge on any atom is 0.358 e. The number of nitrogens with zero attached hydrogens (tertiary/aromatic N) is 3. The summed E-state index contributed by atoms with van der Waals surface area (Å²) >= 11 is 5.97. The fourth-order valence-corrected chi connectivity index (χ4v) is 3.30. The number of halogens is 1. The summed E-state index contributed by atoms with van der Waals surface area (Å²) in [6, 6.07) is 4.99. The molecule has 0 radical (unpaired) electrons. The van der Waals surface area contributed by atoms with Gasteiger partial charge in [0.2, 0.25) is 0 Å². The predicted molar refractivity (Wildman–Crippen MR) is 93.7 cm³/mol. The number of fused-ring (bicyclic) bond motifs is 1. The van der Waals surface area contributed by atoms with Gasteiger partial charge in [-0.2, -0.15) is 0 Å². The van der Waals surface area contributed by atoms with Gasteiger partial charge < -0.3 is 14.5 Å². The van der Waals surface area contributed by atoms with Gasteiger partial charge in [-0.3, -0.25) is 14.6 Å². The molecule has 2 aromatic rings. The van der Waals surface area contributed by atoms with Crippen molar-refractivity contribution in [2.75, 3.05) is 26.7 Å². The minimum Gasteiger partial charge on any atom is -0.399 e. The van der Waals surface area contributed by atoms with E-state index in [0.717, 1.165) is 12.2 Å². The van der Waals surface area contributed by atoms with Crippen LogP contribution >= 0.6 is 11.6 Å². The predicted octanol–water partition coefficient (Wildman–Crippen LogP) is 0.914. The van der Waals surface area contributed by atoms with Gasteiger partial charge in [-0.05, 0) is 25.2 Å². The highest BCUT2D eigenvalue weighted by Gasteiger charge is 2.52. The number of H-pyrrole nitrogens is 1. The lowest BCUT2D eigenvalue weighted by Gasteiger charge is -2.45. The molecule has 1 N–H and O–H groups in total. The normalized spacial score (nSPS) is 19.9. The number of ether oxygens (including phenoxy) is 2. The molecule has 140 valence electrons. The second-order valence-corrected chi connectivity index (χ2v) is 6.77. The molecule has 27 heavy (non-hydrogen) atoms. The Balaban J connectivity index is 1.73. The number of aromatic amines is 1. The lowest BCUT2D eigenvalue weighted by molar-refractivity contribution is -0.283. The SMILES string of the molecule is CN1CCN(C(=O)c2nc3ccc(Cl)cc3[nH]2)C2(C1)OC(=O)C=CC(=O)O2. The van der Waals surface area contributed by atoms with Crippen molar-refractivity contribution in [3.8, 4) is 0 Å². The van der Waals surface area contributed by atoms with Gasteiger partial charge in [-0.1, -0.05) is 11.6 Å². The van der Waals surface area contributed by atoms with Crippen LogP contribution < -0.4 is 0 Å². The molecule has 3 heterocycles. The standard InChI is InChI=1S/C17H15ClN4O5/c1-21-6-7-22(17(9-21)26-13(23)4-5-14(24)27-17)16(25)15-19-11-3-2-10(18)8-12(11)20-15/h2-5,8H,6-7,9H2,1H3,(H,19,20). The third-order valence-corrected chi connectivity index (χ3v) is 4.59. The highest BCUT2D eigenvalue weighted by Crippen LogP contribution is 2.29. The van der Waals surface area contributed by atoms with E-state index >= 15 is 0 Å². The van der Waals surface area contributed by atoms with Gasteiger partial charge in [0.05, 0.1) is 17.6 Å². The monoisotopic (exact) mass is 390 g/mol. The summed E-state index contributed by atoms with van der Waals surface area (Å²) in [5.74, 6) is -3.94. The molecule has 0 saturated carbocycles. The number of hydrogen-bond acceptors (Lipinski definition) is 7. The second-order valence-electron chi connectivity index (χ2n) is 6.33. The summed E-state index contributed by atoms with van der Waals surface area (Å²) in [5.41, 5.74) is 1.15. The van der Waals surface area contributed by atoms with Crippen LogP contribution in [0.15, 0.2) is 30.4 Å². The van der Waals surface area contributed by atoms with Crippen molar-refractivity contribution in [3.63, 3.8) is 0 Å². The van der Waals surface area contributed by atoms with E-state index in [1.807, 2.05) is 0 Å². The minimum atomic E-state index is -1.86. The Hall–Kier alpha value is -2.91. The molecule has 4 rings (SSSR count). The quantitative estimate of drug-likeness (QED) is 0.721. The maximum atomic E-state index is 13.1. The number of hydrogen-bond donors (Lipinski definition) is 1. The molecule has 0 atom stereocenters. The van der Waals surface area contributed by atoms with Crippen LogP contribution in [0.1, 0.15) is 10.6 Å². The summed E-state index contributed by atoms with van der Waals surface area (Å²) in [6.07, 6.45) is 1.94. The lowest BCUT2D eigenvalue weighted by atomic mass is 10.2. The van der Waals surface area contributed by atoms with Gasteiger partial charge in [0, 0.05) is 30.3 Å². The van der Waals surface area contributed by atoms with Crippen LogP contribution in [0.4, 0.5) is 0 Å². The first-order chi connectivity index (χ1) is 12.9. The first-order valence-corrected chi connectivity index (χ1v) is 8.54. The van der Waals surface area contributed by atoms with Crippen LogP contribution in [-0.4, -0.2) is 70.2 Å². The Morgan fingerprint density at radius 2 is 1.93 bits per heavy atom. The van der Waals surface area contributed by atoms with E-state index in [4.69, 9.17) is 21.1 Å². The number of imidazole rings is 1. The van der Waals surface area contributed by atoms with Gasteiger partial charge in [0.15, 0.2) is 5.82 Å². The Bertz CT molecular complexity index is 965. The number of rotatable bonds is 1. The summed E-state index contributed by atoms with van der Waals surface area (Å²) in [6.45, 7) is 0.694. The van der Waals surface area contributed by atoms with Crippen molar-refractivity contribution < 1.29 is 23.9 Å². The molecule has 2 aliphatic heterocycles. The highest BCUT2D eigenvalue weighted by atomic mass is 35.5. The first-order valence-electron chi connectivity index (χ1n) is 8.16. The largest absolute Gasteiger partial charge is 0.399 e. The molecule has 1 saturated heterocycles. The number of nitrogens with one attached hydrogen (secondary N) is 1. The van der Waals surface area contributed by atoms with Gasteiger partial charge in [-0.25, -0.2) is 14.6 Å². The molecule has 1 amide bonds. The van der Waals surface area contributed by atoms with E-state index in [9.17, 15) is 14.4 Å². The minimum absolute atomic E-state index is 0.0178. The molecule has 0 bridgehead atoms. The zero-order valence-corrected chi connectivity index (χ0v) is 15.0. The van der Waals surface area contributed by atoms with Crippen molar-refractivity contribution in [3.05, 3.63) is 41.2 Å². The molecule has 1 aromatic heterocycles. The number of piperazine rings is 1. The third-order valence-electron chi connectivity index (χ3n) is 4.35. The van der Waals surface area contributed by atoms with Crippen LogP contribution in [0.5, 0.6) is 0 Å². The third kappa shape index (κ3) is 3.15. The van der Waals surface area contributed by atoms with Crippen LogP contribution in [-0.2, 0) is 19.1 Å². The number of benzene rings is 1. The van der Waals surface area contributed by atoms with Crippen LogP contribution in [0.3, 0.4) is 0 Å². The molecule has 10 heteroatoms. The van der Waals surface area contributed by atoms with Gasteiger partial charge >= 0.3 is 17.8 Å². The summed E-state index contributed by atoms with van der Waals surface area (Å²) in [5, 5.41) is 0.499. The van der Waals surface area contributed by atoms with Crippen LogP contribution in [0.2, 0.25) is 5.02 Å². The second kappa shape index (κ2) is 6.36. The Kier molecular flexibility index (Phi) is 4.12. The van der Waals surface area contributed by atoms with E-state index in [-0.39, 0.29) is 18.9 Å². The van der Waals surface area contributed by atoms with E-state index in [1.165, 1.54) is 4.90 Å². The molecule has 0 unspecified atom stereocenters. The smallest absolute Gasteiger partial charge is 0.358 e. The van der Waals surface area contributed by atoms with Crippen molar-refractivity contribution in [1.29, 1.82) is 0 Å². The van der Waals surface area contributed by atoms with E-state index in [0.29, 0.717) is 22.6 Å². The number of aromatic nitrogens is 2. The molecular weight excluding hydrogens is 376 g/mol.